The zero-order chi connectivity index (χ0) is 25.8. The van der Waals surface area contributed by atoms with Crippen molar-refractivity contribution in [3.05, 3.63) is 90.8 Å². The maximum absolute atomic E-state index is 13.3. The minimum atomic E-state index is -1.35. The molecule has 37 heavy (non-hydrogen) atoms. The molecule has 1 aliphatic heterocycles. The summed E-state index contributed by atoms with van der Waals surface area (Å²) in [6.45, 7) is 1.15. The highest BCUT2D eigenvalue weighted by Gasteiger charge is 2.49. The number of carbonyl (C=O) groups excluding carboxylic acids is 3. The van der Waals surface area contributed by atoms with Gasteiger partial charge in [-0.15, -0.1) is 5.10 Å². The summed E-state index contributed by atoms with van der Waals surface area (Å²) in [6.07, 6.45) is 1.42. The first-order chi connectivity index (χ1) is 17.9. The van der Waals surface area contributed by atoms with Gasteiger partial charge in [-0.2, -0.15) is 10.2 Å². The molecule has 3 aromatic carbocycles. The fourth-order valence-corrected chi connectivity index (χ4v) is 3.84. The van der Waals surface area contributed by atoms with Crippen LogP contribution in [0.4, 0.5) is 21.9 Å². The van der Waals surface area contributed by atoms with E-state index < -0.39 is 29.9 Å². The van der Waals surface area contributed by atoms with Gasteiger partial charge in [0.2, 0.25) is 5.91 Å². The molecule has 0 saturated carbocycles. The van der Waals surface area contributed by atoms with Crippen molar-refractivity contribution in [1.82, 2.24) is 30.4 Å². The summed E-state index contributed by atoms with van der Waals surface area (Å²) in [7, 11) is 0. The van der Waals surface area contributed by atoms with Crippen LogP contribution in [0.1, 0.15) is 12.5 Å². The zero-order valence-corrected chi connectivity index (χ0v) is 19.6. The van der Waals surface area contributed by atoms with Crippen molar-refractivity contribution in [1.29, 1.82) is 0 Å². The fraction of sp³-hybridized carbons (Fsp3) is 0.120. The first kappa shape index (κ1) is 23.5. The van der Waals surface area contributed by atoms with Crippen LogP contribution in [-0.2, 0) is 15.1 Å². The predicted octanol–water partition coefficient (Wildman–Crippen LogP) is 3.48. The molecule has 4 amide bonds. The number of rotatable bonds is 7. The highest BCUT2D eigenvalue weighted by atomic mass is 16.2. The van der Waals surface area contributed by atoms with E-state index in [0.29, 0.717) is 22.6 Å². The minimum Gasteiger partial charge on any atom is -0.325 e. The number of imide groups is 1. The molecule has 12 heteroatoms. The van der Waals surface area contributed by atoms with Crippen molar-refractivity contribution in [2.45, 2.75) is 12.5 Å². The molecule has 1 aliphatic rings. The lowest BCUT2D eigenvalue weighted by Crippen LogP contribution is -2.42. The van der Waals surface area contributed by atoms with E-state index in [2.05, 4.69) is 36.4 Å². The number of hydrogen-bond acceptors (Lipinski definition) is 8. The molecule has 1 atom stereocenters. The van der Waals surface area contributed by atoms with Gasteiger partial charge in [-0.05, 0) is 71.4 Å². The van der Waals surface area contributed by atoms with E-state index in [1.165, 1.54) is 11.0 Å². The Labute approximate surface area is 211 Å². The van der Waals surface area contributed by atoms with Gasteiger partial charge in [0.1, 0.15) is 18.4 Å². The normalized spacial score (nSPS) is 17.3. The molecule has 4 aromatic rings. The molecular weight excluding hydrogens is 474 g/mol. The molecular formula is C25H21N9O3. The minimum absolute atomic E-state index is 0.442. The van der Waals surface area contributed by atoms with Crippen molar-refractivity contribution >= 4 is 34.9 Å². The molecule has 1 fully saturated rings. The van der Waals surface area contributed by atoms with Crippen molar-refractivity contribution < 1.29 is 14.4 Å². The molecule has 0 bridgehead atoms. The Hall–Kier alpha value is -5.26. The first-order valence-electron chi connectivity index (χ1n) is 11.3. The molecule has 184 valence electrons. The van der Waals surface area contributed by atoms with E-state index in [9.17, 15) is 14.4 Å². The van der Waals surface area contributed by atoms with Crippen LogP contribution in [0.5, 0.6) is 0 Å². The Kier molecular flexibility index (Phi) is 6.20. The van der Waals surface area contributed by atoms with E-state index in [4.69, 9.17) is 0 Å². The fourth-order valence-electron chi connectivity index (χ4n) is 3.84. The van der Waals surface area contributed by atoms with E-state index >= 15 is 0 Å². The average molecular weight is 496 g/mol. The number of anilines is 1. The van der Waals surface area contributed by atoms with Crippen molar-refractivity contribution in [2.75, 3.05) is 11.9 Å². The van der Waals surface area contributed by atoms with Crippen molar-refractivity contribution in [3.63, 3.8) is 0 Å². The number of nitrogens with zero attached hydrogens (tertiary/aromatic N) is 7. The number of hydrogen-bond donors (Lipinski definition) is 2. The average Bonchev–Trinajstić information content (AvgIpc) is 3.53. The van der Waals surface area contributed by atoms with Crippen LogP contribution in [-0.4, -0.2) is 49.5 Å². The zero-order valence-electron chi connectivity index (χ0n) is 19.6. The SMILES string of the molecule is CC1(c2cccc(-n3cnnn3)c2)NC(=O)N(CC(=O)Nc2ccc(N=Nc3ccccc3)cc2)C1=O. The molecule has 0 spiro atoms. The van der Waals surface area contributed by atoms with Crippen molar-refractivity contribution in [2.24, 2.45) is 10.2 Å². The van der Waals surface area contributed by atoms with Gasteiger partial charge < -0.3 is 10.6 Å². The summed E-state index contributed by atoms with van der Waals surface area (Å²) >= 11 is 0. The van der Waals surface area contributed by atoms with Gasteiger partial charge in [0, 0.05) is 5.69 Å². The number of amides is 4. The molecule has 1 unspecified atom stereocenters. The highest BCUT2D eigenvalue weighted by molar-refractivity contribution is 6.10. The van der Waals surface area contributed by atoms with Crippen LogP contribution in [0, 0.1) is 0 Å². The summed E-state index contributed by atoms with van der Waals surface area (Å²) in [5.41, 5.74) is 1.62. The Bertz CT molecular complexity index is 1470. The van der Waals surface area contributed by atoms with Gasteiger partial charge in [0.05, 0.1) is 17.1 Å². The van der Waals surface area contributed by atoms with Crippen LogP contribution in [0.3, 0.4) is 0 Å². The Morgan fingerprint density at radius 1 is 0.973 bits per heavy atom. The van der Waals surface area contributed by atoms with Crippen molar-refractivity contribution in [3.8, 4) is 5.69 Å². The number of nitrogens with one attached hydrogen (secondary N) is 2. The lowest BCUT2D eigenvalue weighted by molar-refractivity contribution is -0.133. The standard InChI is InChI=1S/C25H21N9O3/c1-25(17-6-5-9-21(14-17)34-16-26-31-32-34)23(36)33(24(37)28-25)15-22(35)27-18-10-12-20(13-11-18)30-29-19-7-3-2-4-8-19/h2-14,16H,15H2,1H3,(H,27,35)(H,28,37). The number of aromatic nitrogens is 4. The third-order valence-corrected chi connectivity index (χ3v) is 5.80. The Morgan fingerprint density at radius 2 is 1.70 bits per heavy atom. The topological polar surface area (TPSA) is 147 Å². The monoisotopic (exact) mass is 495 g/mol. The van der Waals surface area contributed by atoms with Crippen LogP contribution >= 0.6 is 0 Å². The van der Waals surface area contributed by atoms with E-state index in [-0.39, 0.29) is 0 Å². The second kappa shape index (κ2) is 9.77. The second-order valence-corrected chi connectivity index (χ2v) is 8.38. The summed E-state index contributed by atoms with van der Waals surface area (Å²) in [4.78, 5) is 39.5. The number of urea groups is 1. The number of carbonyl (C=O) groups is 3. The van der Waals surface area contributed by atoms with Crippen LogP contribution in [0.25, 0.3) is 5.69 Å². The van der Waals surface area contributed by atoms with E-state index in [1.807, 2.05) is 30.3 Å². The lowest BCUT2D eigenvalue weighted by atomic mass is 9.91. The van der Waals surface area contributed by atoms with E-state index in [0.717, 1.165) is 10.6 Å². The molecule has 1 aromatic heterocycles. The number of tetrazole rings is 1. The number of benzene rings is 3. The van der Waals surface area contributed by atoms with Gasteiger partial charge in [-0.3, -0.25) is 14.5 Å². The maximum Gasteiger partial charge on any atom is 0.325 e. The molecule has 2 N–H and O–H groups in total. The van der Waals surface area contributed by atoms with Crippen LogP contribution in [0.15, 0.2) is 95.4 Å². The Balaban J connectivity index is 1.24. The van der Waals surface area contributed by atoms with Gasteiger partial charge in [0.15, 0.2) is 0 Å². The molecule has 5 rings (SSSR count). The Morgan fingerprint density at radius 3 is 2.41 bits per heavy atom. The predicted molar refractivity (Wildman–Crippen MR) is 132 cm³/mol. The molecule has 0 radical (unpaired) electrons. The molecule has 1 saturated heterocycles. The largest absolute Gasteiger partial charge is 0.325 e. The molecule has 2 heterocycles. The first-order valence-corrected chi connectivity index (χ1v) is 11.3. The highest BCUT2D eigenvalue weighted by Crippen LogP contribution is 2.30. The molecule has 12 nitrogen and oxygen atoms in total. The lowest BCUT2D eigenvalue weighted by Gasteiger charge is -2.22. The van der Waals surface area contributed by atoms with E-state index in [1.54, 1.807) is 55.5 Å². The van der Waals surface area contributed by atoms with Gasteiger partial charge in [-0.25, -0.2) is 9.48 Å². The van der Waals surface area contributed by atoms with Gasteiger partial charge in [-0.1, -0.05) is 30.3 Å². The van der Waals surface area contributed by atoms with Gasteiger partial charge >= 0.3 is 6.03 Å². The second-order valence-electron chi connectivity index (χ2n) is 8.38. The summed E-state index contributed by atoms with van der Waals surface area (Å²) in [6, 6.07) is 22.3. The van der Waals surface area contributed by atoms with Crippen LogP contribution in [0.2, 0.25) is 0 Å². The van der Waals surface area contributed by atoms with Gasteiger partial charge in [0.25, 0.3) is 5.91 Å². The third kappa shape index (κ3) is 4.93. The smallest absolute Gasteiger partial charge is 0.325 e. The summed E-state index contributed by atoms with van der Waals surface area (Å²) in [5.74, 6) is -1.06. The summed E-state index contributed by atoms with van der Waals surface area (Å²) < 4.78 is 1.44. The molecule has 0 aliphatic carbocycles. The number of azo groups is 1. The summed E-state index contributed by atoms with van der Waals surface area (Å²) in [5, 5.41) is 24.8. The quantitative estimate of drug-likeness (QED) is 0.296. The maximum atomic E-state index is 13.3. The third-order valence-electron chi connectivity index (χ3n) is 5.80. The van der Waals surface area contributed by atoms with Crippen LogP contribution < -0.4 is 10.6 Å².